The Morgan fingerprint density at radius 1 is 1.27 bits per heavy atom. The number of hydrogen-bond donors (Lipinski definition) is 0. The SMILES string of the molecule is O=c1ccn(C(F)(F)F)c2ncccc12. The van der Waals surface area contributed by atoms with Crippen LogP contribution < -0.4 is 5.43 Å². The first-order chi connectivity index (χ1) is 7.00. The number of rotatable bonds is 0. The predicted molar refractivity (Wildman–Crippen MR) is 47.3 cm³/mol. The fourth-order valence-electron chi connectivity index (χ4n) is 1.29. The molecule has 0 bridgehead atoms. The van der Waals surface area contributed by atoms with Crippen LogP contribution in [0.4, 0.5) is 13.2 Å². The van der Waals surface area contributed by atoms with Gasteiger partial charge in [0.15, 0.2) is 11.1 Å². The molecule has 0 saturated carbocycles. The van der Waals surface area contributed by atoms with E-state index >= 15 is 0 Å². The van der Waals surface area contributed by atoms with Gasteiger partial charge in [-0.2, -0.15) is 0 Å². The van der Waals surface area contributed by atoms with Crippen molar-refractivity contribution in [2.75, 3.05) is 0 Å². The highest BCUT2D eigenvalue weighted by atomic mass is 19.4. The van der Waals surface area contributed by atoms with E-state index in [1.165, 1.54) is 18.3 Å². The molecule has 6 heteroatoms. The topological polar surface area (TPSA) is 34.9 Å². The molecule has 78 valence electrons. The van der Waals surface area contributed by atoms with Gasteiger partial charge in [0.2, 0.25) is 0 Å². The maximum Gasteiger partial charge on any atom is 0.490 e. The second-order valence-electron chi connectivity index (χ2n) is 2.89. The van der Waals surface area contributed by atoms with E-state index in [1.54, 1.807) is 0 Å². The Bertz CT molecular complexity index is 559. The largest absolute Gasteiger partial charge is 0.490 e. The van der Waals surface area contributed by atoms with Crippen LogP contribution in [0.2, 0.25) is 0 Å². The molecule has 0 radical (unpaired) electrons. The van der Waals surface area contributed by atoms with E-state index in [9.17, 15) is 18.0 Å². The second kappa shape index (κ2) is 3.08. The average molecular weight is 214 g/mol. The minimum Gasteiger partial charge on any atom is -0.289 e. The standard InChI is InChI=1S/C9H5F3N2O/c10-9(11,12)14-5-3-7(15)6-2-1-4-13-8(6)14/h1-5H. The summed E-state index contributed by atoms with van der Waals surface area (Å²) in [5.41, 5.74) is -0.851. The van der Waals surface area contributed by atoms with Crippen molar-refractivity contribution in [3.05, 3.63) is 40.8 Å². The molecule has 0 spiro atoms. The molecule has 0 aromatic carbocycles. The lowest BCUT2D eigenvalue weighted by Crippen LogP contribution is -2.20. The van der Waals surface area contributed by atoms with Gasteiger partial charge in [0.25, 0.3) is 0 Å². The lowest BCUT2D eigenvalue weighted by Gasteiger charge is -2.12. The summed E-state index contributed by atoms with van der Waals surface area (Å²) in [5.74, 6) is 0. The van der Waals surface area contributed by atoms with Crippen LogP contribution in [0.15, 0.2) is 35.4 Å². The molecule has 2 rings (SSSR count). The Morgan fingerprint density at radius 2 is 2.00 bits per heavy atom. The number of fused-ring (bicyclic) bond motifs is 1. The lowest BCUT2D eigenvalue weighted by molar-refractivity contribution is -0.201. The van der Waals surface area contributed by atoms with E-state index in [4.69, 9.17) is 0 Å². The third kappa shape index (κ3) is 1.58. The van der Waals surface area contributed by atoms with Gasteiger partial charge in [-0.3, -0.25) is 4.79 Å². The van der Waals surface area contributed by atoms with E-state index in [1.807, 2.05) is 0 Å². The molecule has 0 aliphatic heterocycles. The van der Waals surface area contributed by atoms with Crippen molar-refractivity contribution in [3.8, 4) is 0 Å². The van der Waals surface area contributed by atoms with Crippen LogP contribution in [0.5, 0.6) is 0 Å². The summed E-state index contributed by atoms with van der Waals surface area (Å²) in [6, 6.07) is 3.61. The first-order valence-corrected chi connectivity index (χ1v) is 4.04. The molecule has 0 unspecified atom stereocenters. The molecule has 0 aliphatic carbocycles. The van der Waals surface area contributed by atoms with Crippen LogP contribution in [0.25, 0.3) is 11.0 Å². The quantitative estimate of drug-likeness (QED) is 0.671. The summed E-state index contributed by atoms with van der Waals surface area (Å²) in [6.07, 6.45) is -2.68. The highest BCUT2D eigenvalue weighted by Gasteiger charge is 2.31. The van der Waals surface area contributed by atoms with Gasteiger partial charge in [-0.25, -0.2) is 9.55 Å². The third-order valence-electron chi connectivity index (χ3n) is 1.93. The zero-order valence-corrected chi connectivity index (χ0v) is 7.32. The van der Waals surface area contributed by atoms with Gasteiger partial charge in [0.05, 0.1) is 5.39 Å². The zero-order valence-electron chi connectivity index (χ0n) is 7.32. The number of nitrogens with zero attached hydrogens (tertiary/aromatic N) is 2. The molecule has 2 aromatic heterocycles. The molecule has 0 fully saturated rings. The average Bonchev–Trinajstić information content (AvgIpc) is 2.17. The fourth-order valence-corrected chi connectivity index (χ4v) is 1.29. The van der Waals surface area contributed by atoms with Gasteiger partial charge < -0.3 is 0 Å². The second-order valence-corrected chi connectivity index (χ2v) is 2.89. The lowest BCUT2D eigenvalue weighted by atomic mass is 10.3. The van der Waals surface area contributed by atoms with Crippen molar-refractivity contribution < 1.29 is 13.2 Å². The third-order valence-corrected chi connectivity index (χ3v) is 1.93. The molecule has 2 heterocycles. The Hall–Kier alpha value is -1.85. The zero-order chi connectivity index (χ0) is 11.1. The molecule has 15 heavy (non-hydrogen) atoms. The maximum absolute atomic E-state index is 12.5. The van der Waals surface area contributed by atoms with Crippen molar-refractivity contribution in [1.82, 2.24) is 9.55 Å². The Labute approximate surface area is 81.8 Å². The molecule has 0 saturated heterocycles. The van der Waals surface area contributed by atoms with Crippen LogP contribution in [0, 0.1) is 0 Å². The van der Waals surface area contributed by atoms with Gasteiger partial charge in [-0.1, -0.05) is 0 Å². The molecular formula is C9H5F3N2O. The molecular weight excluding hydrogens is 209 g/mol. The predicted octanol–water partition coefficient (Wildman–Crippen LogP) is 1.87. The molecule has 0 atom stereocenters. The van der Waals surface area contributed by atoms with E-state index < -0.39 is 11.7 Å². The smallest absolute Gasteiger partial charge is 0.289 e. The van der Waals surface area contributed by atoms with Crippen molar-refractivity contribution >= 4 is 11.0 Å². The minimum absolute atomic E-state index is 0.0176. The highest BCUT2D eigenvalue weighted by molar-refractivity contribution is 5.74. The number of hydrogen-bond acceptors (Lipinski definition) is 2. The maximum atomic E-state index is 12.5. The van der Waals surface area contributed by atoms with Crippen molar-refractivity contribution in [1.29, 1.82) is 0 Å². The van der Waals surface area contributed by atoms with Gasteiger partial charge in [0, 0.05) is 18.5 Å². The normalized spacial score (nSPS) is 11.9. The van der Waals surface area contributed by atoms with E-state index in [2.05, 4.69) is 4.98 Å². The van der Waals surface area contributed by atoms with Crippen LogP contribution in [0.3, 0.4) is 0 Å². The number of aromatic nitrogens is 2. The Morgan fingerprint density at radius 3 is 2.67 bits per heavy atom. The summed E-state index contributed by atoms with van der Waals surface area (Å²) in [4.78, 5) is 14.8. The van der Waals surface area contributed by atoms with Crippen LogP contribution in [-0.4, -0.2) is 9.55 Å². The van der Waals surface area contributed by atoms with Gasteiger partial charge in [-0.15, -0.1) is 13.2 Å². The number of pyridine rings is 2. The van der Waals surface area contributed by atoms with Crippen molar-refractivity contribution in [3.63, 3.8) is 0 Å². The van der Waals surface area contributed by atoms with Crippen LogP contribution in [0.1, 0.15) is 0 Å². The van der Waals surface area contributed by atoms with Crippen LogP contribution in [-0.2, 0) is 6.30 Å². The summed E-state index contributed by atoms with van der Waals surface area (Å²) < 4.78 is 37.4. The molecule has 0 N–H and O–H groups in total. The van der Waals surface area contributed by atoms with Crippen molar-refractivity contribution in [2.45, 2.75) is 6.30 Å². The van der Waals surface area contributed by atoms with Crippen molar-refractivity contribution in [2.24, 2.45) is 0 Å². The van der Waals surface area contributed by atoms with Gasteiger partial charge in [0.1, 0.15) is 0 Å². The summed E-state index contributed by atoms with van der Waals surface area (Å²) in [6.45, 7) is 0. The number of alkyl halides is 3. The highest BCUT2D eigenvalue weighted by Crippen LogP contribution is 2.24. The molecule has 2 aromatic rings. The van der Waals surface area contributed by atoms with E-state index in [0.717, 1.165) is 6.07 Å². The van der Waals surface area contributed by atoms with E-state index in [0.29, 0.717) is 6.20 Å². The monoisotopic (exact) mass is 214 g/mol. The summed E-state index contributed by atoms with van der Waals surface area (Å²) in [7, 11) is 0. The Balaban J connectivity index is 2.90. The minimum atomic E-state index is -4.57. The molecule has 0 amide bonds. The first kappa shape index (κ1) is 9.70. The summed E-state index contributed by atoms with van der Waals surface area (Å²) in [5, 5.41) is -0.0441. The summed E-state index contributed by atoms with van der Waals surface area (Å²) >= 11 is 0. The Kier molecular flexibility index (Phi) is 1.99. The fraction of sp³-hybridized carbons (Fsp3) is 0.111. The molecule has 0 aliphatic rings. The molecule has 3 nitrogen and oxygen atoms in total. The van der Waals surface area contributed by atoms with Gasteiger partial charge in [-0.05, 0) is 12.1 Å². The van der Waals surface area contributed by atoms with Gasteiger partial charge >= 0.3 is 6.30 Å². The first-order valence-electron chi connectivity index (χ1n) is 4.04. The number of halogens is 3. The van der Waals surface area contributed by atoms with E-state index in [-0.39, 0.29) is 15.6 Å². The van der Waals surface area contributed by atoms with Crippen LogP contribution >= 0.6 is 0 Å².